The third kappa shape index (κ3) is 1.43. The minimum Gasteiger partial charge on any atom is -0.265 e. The van der Waals surface area contributed by atoms with Crippen LogP contribution in [-0.2, 0) is 7.05 Å². The largest absolute Gasteiger partial charge is 0.265 e. The van der Waals surface area contributed by atoms with Crippen molar-refractivity contribution >= 4 is 16.7 Å². The Kier molecular flexibility index (Phi) is 2.11. The van der Waals surface area contributed by atoms with Gasteiger partial charge in [0, 0.05) is 12.6 Å². The fourth-order valence-electron chi connectivity index (χ4n) is 2.23. The van der Waals surface area contributed by atoms with Crippen LogP contribution in [0.4, 0.5) is 4.39 Å². The zero-order valence-electron chi connectivity index (χ0n) is 10.5. The standard InChI is InChI=1S/C13H9FN6/c1-19-12-10(6-16-19)13-18-17-11(20(13)7-15-12)8-2-4-9(14)5-3-8/h2-7H,1H3. The highest BCUT2D eigenvalue weighted by atomic mass is 19.1. The molecule has 4 rings (SSSR count). The topological polar surface area (TPSA) is 60.9 Å². The van der Waals surface area contributed by atoms with Crippen LogP contribution >= 0.6 is 0 Å². The van der Waals surface area contributed by atoms with E-state index >= 15 is 0 Å². The van der Waals surface area contributed by atoms with Crippen molar-refractivity contribution in [3.8, 4) is 11.4 Å². The maximum Gasteiger partial charge on any atom is 0.175 e. The summed E-state index contributed by atoms with van der Waals surface area (Å²) in [7, 11) is 1.82. The number of halogens is 1. The maximum absolute atomic E-state index is 13.0. The third-order valence-electron chi connectivity index (χ3n) is 3.24. The summed E-state index contributed by atoms with van der Waals surface area (Å²) in [5, 5.41) is 13.3. The average molecular weight is 268 g/mol. The smallest absolute Gasteiger partial charge is 0.175 e. The van der Waals surface area contributed by atoms with Crippen LogP contribution in [0.25, 0.3) is 28.1 Å². The van der Waals surface area contributed by atoms with Gasteiger partial charge >= 0.3 is 0 Å². The van der Waals surface area contributed by atoms with Gasteiger partial charge in [0.05, 0.1) is 11.6 Å². The molecule has 0 fully saturated rings. The van der Waals surface area contributed by atoms with Gasteiger partial charge in [-0.2, -0.15) is 5.10 Å². The number of aromatic nitrogens is 6. The molecule has 4 aromatic rings. The van der Waals surface area contributed by atoms with Gasteiger partial charge in [-0.3, -0.25) is 9.08 Å². The molecule has 0 N–H and O–H groups in total. The van der Waals surface area contributed by atoms with Crippen molar-refractivity contribution in [2.75, 3.05) is 0 Å². The van der Waals surface area contributed by atoms with Crippen LogP contribution in [0.15, 0.2) is 36.8 Å². The van der Waals surface area contributed by atoms with Crippen molar-refractivity contribution in [3.05, 3.63) is 42.6 Å². The number of fused-ring (bicyclic) bond motifs is 3. The van der Waals surface area contributed by atoms with E-state index in [-0.39, 0.29) is 5.82 Å². The van der Waals surface area contributed by atoms with Gasteiger partial charge in [-0.15, -0.1) is 10.2 Å². The summed E-state index contributed by atoms with van der Waals surface area (Å²) in [4.78, 5) is 4.35. The van der Waals surface area contributed by atoms with Gasteiger partial charge in [0.25, 0.3) is 0 Å². The first kappa shape index (κ1) is 11.0. The first-order chi connectivity index (χ1) is 9.74. The minimum atomic E-state index is -0.282. The Balaban J connectivity index is 2.02. The molecule has 0 unspecified atom stereocenters. The van der Waals surface area contributed by atoms with Crippen molar-refractivity contribution in [1.29, 1.82) is 0 Å². The molecule has 0 bridgehead atoms. The Bertz CT molecular complexity index is 921. The second-order valence-electron chi connectivity index (χ2n) is 4.47. The first-order valence-electron chi connectivity index (χ1n) is 6.01. The number of nitrogens with zero attached hydrogens (tertiary/aromatic N) is 6. The summed E-state index contributed by atoms with van der Waals surface area (Å²) < 4.78 is 16.4. The summed E-state index contributed by atoms with van der Waals surface area (Å²) in [6.07, 6.45) is 3.36. The maximum atomic E-state index is 13.0. The monoisotopic (exact) mass is 268 g/mol. The number of benzene rings is 1. The van der Waals surface area contributed by atoms with Crippen molar-refractivity contribution in [2.45, 2.75) is 0 Å². The molecule has 0 atom stereocenters. The molecule has 0 aliphatic rings. The molecule has 7 heteroatoms. The number of rotatable bonds is 1. The SMILES string of the molecule is Cn1ncc2c1ncn1c(-c3ccc(F)cc3)nnc21. The normalized spacial score (nSPS) is 11.5. The van der Waals surface area contributed by atoms with Crippen LogP contribution in [0.3, 0.4) is 0 Å². The van der Waals surface area contributed by atoms with E-state index in [1.165, 1.54) is 12.1 Å². The van der Waals surface area contributed by atoms with E-state index in [2.05, 4.69) is 20.3 Å². The molecular weight excluding hydrogens is 259 g/mol. The Hall–Kier alpha value is -2.83. The Morgan fingerprint density at radius 3 is 2.65 bits per heavy atom. The average Bonchev–Trinajstić information content (AvgIpc) is 3.04. The van der Waals surface area contributed by atoms with E-state index < -0.39 is 0 Å². The van der Waals surface area contributed by atoms with Gasteiger partial charge in [-0.1, -0.05) is 0 Å². The van der Waals surface area contributed by atoms with E-state index in [0.29, 0.717) is 11.5 Å². The van der Waals surface area contributed by atoms with Crippen molar-refractivity contribution in [2.24, 2.45) is 7.05 Å². The lowest BCUT2D eigenvalue weighted by molar-refractivity contribution is 0.628. The van der Waals surface area contributed by atoms with Gasteiger partial charge in [-0.05, 0) is 24.3 Å². The van der Waals surface area contributed by atoms with Gasteiger partial charge in [0.2, 0.25) is 0 Å². The van der Waals surface area contributed by atoms with Gasteiger partial charge in [0.15, 0.2) is 17.1 Å². The molecule has 20 heavy (non-hydrogen) atoms. The van der Waals surface area contributed by atoms with Crippen LogP contribution in [0.2, 0.25) is 0 Å². The molecule has 0 saturated heterocycles. The lowest BCUT2D eigenvalue weighted by Crippen LogP contribution is -1.95. The fourth-order valence-corrected chi connectivity index (χ4v) is 2.23. The molecule has 6 nitrogen and oxygen atoms in total. The summed E-state index contributed by atoms with van der Waals surface area (Å²) >= 11 is 0. The predicted molar refractivity (Wildman–Crippen MR) is 70.4 cm³/mol. The van der Waals surface area contributed by atoms with Crippen molar-refractivity contribution < 1.29 is 4.39 Å². The number of hydrogen-bond acceptors (Lipinski definition) is 4. The van der Waals surface area contributed by atoms with Crippen molar-refractivity contribution in [1.82, 2.24) is 29.4 Å². The molecule has 0 saturated carbocycles. The van der Waals surface area contributed by atoms with Crippen LogP contribution in [0.5, 0.6) is 0 Å². The third-order valence-corrected chi connectivity index (χ3v) is 3.24. The molecule has 98 valence electrons. The molecule has 0 radical (unpaired) electrons. The summed E-state index contributed by atoms with van der Waals surface area (Å²) in [5.74, 6) is 0.341. The molecule has 0 amide bonds. The highest BCUT2D eigenvalue weighted by Gasteiger charge is 2.13. The van der Waals surface area contributed by atoms with Gasteiger partial charge in [0.1, 0.15) is 12.1 Å². The highest BCUT2D eigenvalue weighted by molar-refractivity contribution is 5.89. The summed E-state index contributed by atoms with van der Waals surface area (Å²) in [6.45, 7) is 0. The van der Waals surface area contributed by atoms with Crippen LogP contribution < -0.4 is 0 Å². The van der Waals surface area contributed by atoms with Gasteiger partial charge in [-0.25, -0.2) is 9.37 Å². The zero-order chi connectivity index (χ0) is 13.7. The highest BCUT2D eigenvalue weighted by Crippen LogP contribution is 2.22. The number of aryl methyl sites for hydroxylation is 1. The molecule has 0 aliphatic heterocycles. The molecule has 0 aliphatic carbocycles. The fraction of sp³-hybridized carbons (Fsp3) is 0.0769. The van der Waals surface area contributed by atoms with Crippen molar-refractivity contribution in [3.63, 3.8) is 0 Å². The zero-order valence-corrected chi connectivity index (χ0v) is 10.5. The minimum absolute atomic E-state index is 0.282. The quantitative estimate of drug-likeness (QED) is 0.528. The Labute approximate surface area is 112 Å². The van der Waals surface area contributed by atoms with E-state index in [1.54, 1.807) is 33.7 Å². The van der Waals surface area contributed by atoms with E-state index in [9.17, 15) is 4.39 Å². The molecule has 1 aromatic carbocycles. The lowest BCUT2D eigenvalue weighted by Gasteiger charge is -2.00. The molecule has 3 aromatic heterocycles. The van der Waals surface area contributed by atoms with Crippen LogP contribution in [0, 0.1) is 5.82 Å². The first-order valence-corrected chi connectivity index (χ1v) is 6.01. The van der Waals surface area contributed by atoms with E-state index in [4.69, 9.17) is 0 Å². The van der Waals surface area contributed by atoms with E-state index in [1.807, 2.05) is 7.05 Å². The Morgan fingerprint density at radius 1 is 1.05 bits per heavy atom. The Morgan fingerprint density at radius 2 is 1.85 bits per heavy atom. The lowest BCUT2D eigenvalue weighted by atomic mass is 10.2. The number of hydrogen-bond donors (Lipinski definition) is 0. The van der Waals surface area contributed by atoms with Crippen LogP contribution in [0.1, 0.15) is 0 Å². The van der Waals surface area contributed by atoms with E-state index in [0.717, 1.165) is 16.6 Å². The second kappa shape index (κ2) is 3.83. The van der Waals surface area contributed by atoms with Gasteiger partial charge < -0.3 is 0 Å². The summed E-state index contributed by atoms with van der Waals surface area (Å²) in [6, 6.07) is 6.12. The predicted octanol–water partition coefficient (Wildman–Crippen LogP) is 1.82. The molecule has 3 heterocycles. The summed E-state index contributed by atoms with van der Waals surface area (Å²) in [5.41, 5.74) is 2.21. The molecular formula is C13H9FN6. The van der Waals surface area contributed by atoms with Crippen LogP contribution in [-0.4, -0.2) is 29.4 Å². The molecule has 0 spiro atoms. The second-order valence-corrected chi connectivity index (χ2v) is 4.47.